The van der Waals surface area contributed by atoms with Crippen LogP contribution >= 0.6 is 0 Å². The van der Waals surface area contributed by atoms with Gasteiger partial charge < -0.3 is 10.2 Å². The minimum absolute atomic E-state index is 0. The quantitative estimate of drug-likeness (QED) is 0.117. The molecule has 2 aromatic heterocycles. The molecule has 4 rings (SSSR count). The summed E-state index contributed by atoms with van der Waals surface area (Å²) in [7, 11) is 0. The Morgan fingerprint density at radius 1 is 0.533 bits per heavy atom. The molecule has 0 aliphatic heterocycles. The fraction of sp³-hybridized carbons (Fsp3) is 0.0667. The van der Waals surface area contributed by atoms with Crippen molar-refractivity contribution in [2.45, 2.75) is 12.4 Å². The predicted molar refractivity (Wildman–Crippen MR) is 138 cm³/mol. The van der Waals surface area contributed by atoms with E-state index in [0.29, 0.717) is 0 Å². The van der Waals surface area contributed by atoms with Crippen molar-refractivity contribution in [1.29, 1.82) is 0 Å². The summed E-state index contributed by atoms with van der Waals surface area (Å²) < 4.78 is 95.6. The molecule has 239 valence electrons. The Kier molecular flexibility index (Phi) is 17.9. The van der Waals surface area contributed by atoms with E-state index in [1.54, 1.807) is 24.8 Å². The van der Waals surface area contributed by atoms with Crippen LogP contribution in [-0.2, 0) is 16.8 Å². The van der Waals surface area contributed by atoms with Crippen molar-refractivity contribution >= 4 is 11.6 Å². The van der Waals surface area contributed by atoms with Crippen molar-refractivity contribution in [3.8, 4) is 0 Å². The number of aromatic nitrogens is 2. The molecular weight excluding hydrogens is 663 g/mol. The first-order valence-corrected chi connectivity index (χ1v) is 11.8. The fourth-order valence-electron chi connectivity index (χ4n) is 2.42. The number of allylic oxidation sites excluding steroid dienone is 4. The van der Waals surface area contributed by atoms with Gasteiger partial charge in [0.25, 0.3) is 0 Å². The normalized spacial score (nSPS) is 11.1. The van der Waals surface area contributed by atoms with E-state index in [1.165, 1.54) is 0 Å². The van der Waals surface area contributed by atoms with E-state index in [0.717, 1.165) is 48.5 Å². The van der Waals surface area contributed by atoms with Gasteiger partial charge in [-0.25, -0.2) is 8.78 Å². The molecule has 0 fully saturated rings. The molecule has 45 heavy (non-hydrogen) atoms. The molecule has 0 aliphatic rings. The van der Waals surface area contributed by atoms with E-state index in [9.17, 15) is 54.9 Å². The second kappa shape index (κ2) is 20.1. The SMILES string of the molecule is O=C(/C=C(\[O-])C(F)(F)F)c1ccc(F)cc1.O=C(/C=C(\[O-])C(F)(F)F)c1ccc(F)cc1.[Co+2].c1ccncc1.c1ccncc1. The maximum atomic E-state index is 12.4. The van der Waals surface area contributed by atoms with Crippen LogP contribution in [0.3, 0.4) is 0 Å². The first kappa shape index (κ1) is 40.1. The van der Waals surface area contributed by atoms with Crippen LogP contribution in [0.2, 0.25) is 0 Å². The van der Waals surface area contributed by atoms with Gasteiger partial charge >= 0.3 is 29.1 Å². The van der Waals surface area contributed by atoms with Crippen LogP contribution in [-0.4, -0.2) is 33.9 Å². The van der Waals surface area contributed by atoms with Gasteiger partial charge in [-0.2, -0.15) is 26.3 Å². The van der Waals surface area contributed by atoms with Gasteiger partial charge in [-0.05, 0) is 96.5 Å². The average Bonchev–Trinajstić information content (AvgIpc) is 2.99. The molecule has 0 bridgehead atoms. The average molecular weight is 683 g/mol. The van der Waals surface area contributed by atoms with Crippen molar-refractivity contribution in [2.75, 3.05) is 0 Å². The summed E-state index contributed by atoms with van der Waals surface area (Å²) in [6, 6.07) is 19.1. The standard InChI is InChI=1S/2C10H6F4O2.2C5H5N.Co/c2*11-7-3-1-6(2-4-7)8(15)5-9(16)10(12,13)14;2*1-2-4-6-5-3-1;/h2*1-5,16H;2*1-5H;/q;;;;+2/p-2/b2*9-5-;;;. The van der Waals surface area contributed by atoms with Crippen molar-refractivity contribution in [3.05, 3.63) is 156 Å². The number of pyridine rings is 2. The Morgan fingerprint density at radius 3 is 0.978 bits per heavy atom. The van der Waals surface area contributed by atoms with Crippen molar-refractivity contribution in [3.63, 3.8) is 0 Å². The van der Waals surface area contributed by atoms with Gasteiger partial charge in [-0.1, -0.05) is 12.1 Å². The van der Waals surface area contributed by atoms with E-state index in [2.05, 4.69) is 9.97 Å². The molecule has 2 aromatic carbocycles. The Bertz CT molecular complexity index is 1310. The van der Waals surface area contributed by atoms with E-state index >= 15 is 0 Å². The number of alkyl halides is 6. The molecule has 4 aromatic rings. The van der Waals surface area contributed by atoms with Crippen LogP contribution in [0.15, 0.2) is 133 Å². The minimum Gasteiger partial charge on any atom is -0.869 e. The zero-order chi connectivity index (χ0) is 33.2. The van der Waals surface area contributed by atoms with Gasteiger partial charge in [0, 0.05) is 35.9 Å². The largest absolute Gasteiger partial charge is 2.00 e. The van der Waals surface area contributed by atoms with Gasteiger partial charge in [-0.15, -0.1) is 0 Å². The van der Waals surface area contributed by atoms with Crippen LogP contribution in [0, 0.1) is 11.6 Å². The summed E-state index contributed by atoms with van der Waals surface area (Å²) in [5, 5.41) is 20.9. The molecule has 0 unspecified atom stereocenters. The fourth-order valence-corrected chi connectivity index (χ4v) is 2.42. The Hall–Kier alpha value is -4.89. The molecule has 0 spiro atoms. The van der Waals surface area contributed by atoms with E-state index in [4.69, 9.17) is 0 Å². The first-order chi connectivity index (χ1) is 20.6. The monoisotopic (exact) mass is 683 g/mol. The minimum atomic E-state index is -5.07. The first-order valence-electron chi connectivity index (χ1n) is 11.8. The molecule has 0 saturated heterocycles. The molecule has 15 heteroatoms. The number of ketones is 2. The Balaban J connectivity index is 0.000000621. The smallest absolute Gasteiger partial charge is 0.869 e. The van der Waals surface area contributed by atoms with E-state index in [-0.39, 0.29) is 40.1 Å². The van der Waals surface area contributed by atoms with Crippen LogP contribution in [0.1, 0.15) is 20.7 Å². The second-order valence-electron chi connectivity index (χ2n) is 7.80. The number of carbonyl (C=O) groups is 2. The molecule has 0 aliphatic carbocycles. The molecule has 2 heterocycles. The number of hydrogen-bond donors (Lipinski definition) is 0. The molecule has 0 saturated carbocycles. The maximum Gasteiger partial charge on any atom is 2.00 e. The number of benzene rings is 2. The number of rotatable bonds is 4. The zero-order valence-corrected chi connectivity index (χ0v) is 23.5. The summed E-state index contributed by atoms with van der Waals surface area (Å²) in [5.41, 5.74) is -0.363. The van der Waals surface area contributed by atoms with Gasteiger partial charge in [-0.3, -0.25) is 19.6 Å². The predicted octanol–water partition coefficient (Wildman–Crippen LogP) is 5.79. The van der Waals surface area contributed by atoms with Gasteiger partial charge in [0.05, 0.1) is 0 Å². The Labute approximate surface area is 261 Å². The number of nitrogens with zero attached hydrogens (tertiary/aromatic N) is 2. The summed E-state index contributed by atoms with van der Waals surface area (Å²) >= 11 is 0. The van der Waals surface area contributed by atoms with Gasteiger partial charge in [0.1, 0.15) is 11.6 Å². The third-order valence-electron chi connectivity index (χ3n) is 4.47. The molecule has 6 nitrogen and oxygen atoms in total. The number of hydrogen-bond acceptors (Lipinski definition) is 6. The Morgan fingerprint density at radius 2 is 0.800 bits per heavy atom. The second-order valence-corrected chi connectivity index (χ2v) is 7.80. The topological polar surface area (TPSA) is 106 Å². The van der Waals surface area contributed by atoms with Crippen LogP contribution in [0.4, 0.5) is 35.1 Å². The third kappa shape index (κ3) is 17.7. The van der Waals surface area contributed by atoms with E-state index < -0.39 is 47.1 Å². The maximum absolute atomic E-state index is 12.4. The van der Waals surface area contributed by atoms with E-state index in [1.807, 2.05) is 36.4 Å². The van der Waals surface area contributed by atoms with Crippen LogP contribution in [0.25, 0.3) is 0 Å². The zero-order valence-electron chi connectivity index (χ0n) is 22.4. The molecule has 0 atom stereocenters. The van der Waals surface area contributed by atoms with Crippen LogP contribution < -0.4 is 10.2 Å². The van der Waals surface area contributed by atoms with Gasteiger partial charge in [0.2, 0.25) is 0 Å². The van der Waals surface area contributed by atoms with Crippen molar-refractivity contribution in [2.24, 2.45) is 0 Å². The summed E-state index contributed by atoms with van der Waals surface area (Å²) in [6.07, 6.45) is -3.27. The number of carbonyl (C=O) groups excluding carboxylic acids is 2. The summed E-state index contributed by atoms with van der Waals surface area (Å²) in [4.78, 5) is 29.8. The number of halogens is 8. The van der Waals surface area contributed by atoms with Crippen molar-refractivity contribution in [1.82, 2.24) is 9.97 Å². The molecule has 0 N–H and O–H groups in total. The summed E-state index contributed by atoms with van der Waals surface area (Å²) in [5.74, 6) is -7.94. The van der Waals surface area contributed by atoms with Gasteiger partial charge in [0.15, 0.2) is 11.6 Å². The molecule has 0 amide bonds. The third-order valence-corrected chi connectivity index (χ3v) is 4.47. The molecular formula is C30H20CoF8N2O4. The van der Waals surface area contributed by atoms with Crippen LogP contribution in [0.5, 0.6) is 0 Å². The summed E-state index contributed by atoms with van der Waals surface area (Å²) in [6.45, 7) is 0. The molecule has 1 radical (unpaired) electrons. The van der Waals surface area contributed by atoms with Crippen molar-refractivity contribution < 1.29 is 71.7 Å².